The fraction of sp³-hybridized carbons (Fsp3) is 0.750. The Kier molecular flexibility index (Phi) is 5.88. The van der Waals surface area contributed by atoms with Gasteiger partial charge in [0.2, 0.25) is 11.8 Å². The van der Waals surface area contributed by atoms with Gasteiger partial charge in [-0.3, -0.25) is 9.59 Å². The molecule has 13 heavy (non-hydrogen) atoms. The lowest BCUT2D eigenvalue weighted by Gasteiger charge is -2.07. The van der Waals surface area contributed by atoms with E-state index < -0.39 is 12.0 Å². The summed E-state index contributed by atoms with van der Waals surface area (Å²) in [7, 11) is 0. The molecule has 0 saturated heterocycles. The van der Waals surface area contributed by atoms with Gasteiger partial charge in [0.15, 0.2) is 0 Å². The summed E-state index contributed by atoms with van der Waals surface area (Å²) in [6.45, 7) is 0. The fourth-order valence-corrected chi connectivity index (χ4v) is 0.965. The molecule has 0 aliphatic heterocycles. The Bertz CT molecular complexity index is 182. The Morgan fingerprint density at radius 2 is 1.62 bits per heavy atom. The summed E-state index contributed by atoms with van der Waals surface area (Å²) in [6.07, 6.45) is 1.28. The molecule has 1 unspecified atom stereocenters. The maximum atomic E-state index is 10.3. The molecule has 76 valence electrons. The second-order valence-electron chi connectivity index (χ2n) is 3.02. The van der Waals surface area contributed by atoms with Crippen LogP contribution in [0.15, 0.2) is 0 Å². The highest BCUT2D eigenvalue weighted by Gasteiger charge is 2.06. The smallest absolute Gasteiger partial charge is 0.217 e. The van der Waals surface area contributed by atoms with E-state index in [9.17, 15) is 14.7 Å². The Balaban J connectivity index is 3.35. The average Bonchev–Trinajstić information content (AvgIpc) is 2.00. The van der Waals surface area contributed by atoms with E-state index in [0.29, 0.717) is 19.3 Å². The van der Waals surface area contributed by atoms with Crippen molar-refractivity contribution in [2.45, 2.75) is 38.2 Å². The van der Waals surface area contributed by atoms with E-state index in [2.05, 4.69) is 0 Å². The van der Waals surface area contributed by atoms with Gasteiger partial charge in [0.25, 0.3) is 0 Å². The van der Waals surface area contributed by atoms with Crippen LogP contribution in [0.1, 0.15) is 32.1 Å². The lowest BCUT2D eigenvalue weighted by molar-refractivity contribution is -0.119. The van der Waals surface area contributed by atoms with Crippen molar-refractivity contribution in [3.63, 3.8) is 0 Å². The highest BCUT2D eigenvalue weighted by Crippen LogP contribution is 2.05. The quantitative estimate of drug-likeness (QED) is 0.490. The van der Waals surface area contributed by atoms with Crippen LogP contribution in [0, 0.1) is 0 Å². The molecular formula is C8H16N2O3. The van der Waals surface area contributed by atoms with Gasteiger partial charge in [-0.05, 0) is 19.3 Å². The second-order valence-corrected chi connectivity index (χ2v) is 3.02. The summed E-state index contributed by atoms with van der Waals surface area (Å²) < 4.78 is 0. The SMILES string of the molecule is NC(=O)CCCC(O)CCC(N)=O. The monoisotopic (exact) mass is 188 g/mol. The number of nitrogens with two attached hydrogens (primary N) is 2. The van der Waals surface area contributed by atoms with E-state index >= 15 is 0 Å². The molecule has 0 aromatic heterocycles. The van der Waals surface area contributed by atoms with Crippen molar-refractivity contribution in [3.8, 4) is 0 Å². The molecule has 5 nitrogen and oxygen atoms in total. The summed E-state index contributed by atoms with van der Waals surface area (Å²) in [6, 6.07) is 0. The molecule has 2 amide bonds. The lowest BCUT2D eigenvalue weighted by atomic mass is 10.1. The second kappa shape index (κ2) is 6.42. The molecule has 0 aromatic carbocycles. The molecule has 0 aromatic rings. The van der Waals surface area contributed by atoms with E-state index in [-0.39, 0.29) is 18.7 Å². The van der Waals surface area contributed by atoms with E-state index in [0.717, 1.165) is 0 Å². The Morgan fingerprint density at radius 3 is 2.08 bits per heavy atom. The number of aliphatic hydroxyl groups is 1. The van der Waals surface area contributed by atoms with Crippen molar-refractivity contribution < 1.29 is 14.7 Å². The molecule has 0 radical (unpaired) electrons. The molecule has 5 N–H and O–H groups in total. The molecule has 0 heterocycles. The van der Waals surface area contributed by atoms with Crippen LogP contribution in [-0.4, -0.2) is 23.0 Å². The van der Waals surface area contributed by atoms with Crippen LogP contribution in [0.3, 0.4) is 0 Å². The van der Waals surface area contributed by atoms with Crippen LogP contribution in [0.4, 0.5) is 0 Å². The third-order valence-corrected chi connectivity index (χ3v) is 1.68. The summed E-state index contributed by atoms with van der Waals surface area (Å²) in [5.41, 5.74) is 9.80. The highest BCUT2D eigenvalue weighted by atomic mass is 16.3. The largest absolute Gasteiger partial charge is 0.393 e. The van der Waals surface area contributed by atoms with Crippen molar-refractivity contribution in [1.29, 1.82) is 0 Å². The maximum absolute atomic E-state index is 10.3. The summed E-state index contributed by atoms with van der Waals surface area (Å²) in [5.74, 6) is -0.795. The van der Waals surface area contributed by atoms with E-state index in [1.165, 1.54) is 0 Å². The zero-order chi connectivity index (χ0) is 10.3. The molecule has 1 atom stereocenters. The Morgan fingerprint density at radius 1 is 1.08 bits per heavy atom. The normalized spacial score (nSPS) is 12.4. The van der Waals surface area contributed by atoms with Crippen molar-refractivity contribution in [1.82, 2.24) is 0 Å². The first kappa shape index (κ1) is 11.9. The maximum Gasteiger partial charge on any atom is 0.217 e. The summed E-state index contributed by atoms with van der Waals surface area (Å²) >= 11 is 0. The minimum absolute atomic E-state index is 0.178. The Labute approximate surface area is 77.1 Å². The van der Waals surface area contributed by atoms with Crippen LogP contribution in [-0.2, 0) is 9.59 Å². The van der Waals surface area contributed by atoms with Gasteiger partial charge in [-0.25, -0.2) is 0 Å². The number of primary amides is 2. The first-order chi connectivity index (χ1) is 6.02. The summed E-state index contributed by atoms with van der Waals surface area (Å²) in [5, 5.41) is 9.25. The van der Waals surface area contributed by atoms with E-state index in [1.54, 1.807) is 0 Å². The number of aliphatic hydroxyl groups excluding tert-OH is 1. The zero-order valence-electron chi connectivity index (χ0n) is 7.53. The van der Waals surface area contributed by atoms with Crippen LogP contribution in [0.5, 0.6) is 0 Å². The predicted molar refractivity (Wildman–Crippen MR) is 47.5 cm³/mol. The number of carbonyl (C=O) groups excluding carboxylic acids is 2. The van der Waals surface area contributed by atoms with Crippen LogP contribution < -0.4 is 11.5 Å². The molecule has 0 spiro atoms. The van der Waals surface area contributed by atoms with Crippen LogP contribution in [0.2, 0.25) is 0 Å². The van der Waals surface area contributed by atoms with Gasteiger partial charge in [-0.15, -0.1) is 0 Å². The topological polar surface area (TPSA) is 106 Å². The third-order valence-electron chi connectivity index (χ3n) is 1.68. The first-order valence-corrected chi connectivity index (χ1v) is 4.27. The molecule has 0 fully saturated rings. The van der Waals surface area contributed by atoms with Crippen molar-refractivity contribution >= 4 is 11.8 Å². The number of hydrogen-bond acceptors (Lipinski definition) is 3. The number of carbonyl (C=O) groups is 2. The van der Waals surface area contributed by atoms with Crippen molar-refractivity contribution in [2.24, 2.45) is 11.5 Å². The average molecular weight is 188 g/mol. The molecule has 0 saturated carbocycles. The molecular weight excluding hydrogens is 172 g/mol. The number of rotatable bonds is 7. The van der Waals surface area contributed by atoms with Crippen molar-refractivity contribution in [3.05, 3.63) is 0 Å². The zero-order valence-corrected chi connectivity index (χ0v) is 7.53. The molecule has 5 heteroatoms. The minimum Gasteiger partial charge on any atom is -0.393 e. The fourth-order valence-electron chi connectivity index (χ4n) is 0.965. The summed E-state index contributed by atoms with van der Waals surface area (Å²) in [4.78, 5) is 20.6. The Hall–Kier alpha value is -1.10. The minimum atomic E-state index is -0.563. The molecule has 0 rings (SSSR count). The third kappa shape index (κ3) is 8.81. The van der Waals surface area contributed by atoms with Crippen LogP contribution >= 0.6 is 0 Å². The number of amides is 2. The van der Waals surface area contributed by atoms with Gasteiger partial charge in [0.05, 0.1) is 6.10 Å². The lowest BCUT2D eigenvalue weighted by Crippen LogP contribution is -2.16. The van der Waals surface area contributed by atoms with Crippen LogP contribution in [0.25, 0.3) is 0 Å². The number of hydrogen-bond donors (Lipinski definition) is 3. The van der Waals surface area contributed by atoms with Gasteiger partial charge in [0.1, 0.15) is 0 Å². The molecule has 0 aliphatic rings. The van der Waals surface area contributed by atoms with Gasteiger partial charge in [0, 0.05) is 12.8 Å². The van der Waals surface area contributed by atoms with E-state index in [1.807, 2.05) is 0 Å². The highest BCUT2D eigenvalue weighted by molar-refractivity contribution is 5.74. The van der Waals surface area contributed by atoms with Gasteiger partial charge in [-0.2, -0.15) is 0 Å². The van der Waals surface area contributed by atoms with Crippen molar-refractivity contribution in [2.75, 3.05) is 0 Å². The van der Waals surface area contributed by atoms with Gasteiger partial charge in [-0.1, -0.05) is 0 Å². The standard InChI is InChI=1S/C8H16N2O3/c9-7(12)3-1-2-6(11)4-5-8(10)13/h6,11H,1-5H2,(H2,9,12)(H2,10,13). The van der Waals surface area contributed by atoms with Gasteiger partial charge >= 0.3 is 0 Å². The van der Waals surface area contributed by atoms with Gasteiger partial charge < -0.3 is 16.6 Å². The predicted octanol–water partition coefficient (Wildman–Crippen LogP) is -0.732. The first-order valence-electron chi connectivity index (χ1n) is 4.27. The molecule has 0 aliphatic carbocycles. The molecule has 0 bridgehead atoms. The van der Waals surface area contributed by atoms with E-state index in [4.69, 9.17) is 11.5 Å².